The number of carbonyl (C=O) groups excluding carboxylic acids is 3. The van der Waals surface area contributed by atoms with E-state index in [1.807, 2.05) is 26.0 Å². The van der Waals surface area contributed by atoms with Gasteiger partial charge in [0.1, 0.15) is 5.75 Å². The maximum atomic E-state index is 12.7. The van der Waals surface area contributed by atoms with E-state index >= 15 is 0 Å². The molecule has 0 unspecified atom stereocenters. The van der Waals surface area contributed by atoms with Gasteiger partial charge < -0.3 is 19.7 Å². The van der Waals surface area contributed by atoms with Gasteiger partial charge in [-0.1, -0.05) is 6.92 Å². The van der Waals surface area contributed by atoms with Crippen LogP contribution < -0.4 is 15.0 Å². The first-order valence-corrected chi connectivity index (χ1v) is 9.47. The zero-order valence-corrected chi connectivity index (χ0v) is 16.8. The molecule has 1 aliphatic rings. The van der Waals surface area contributed by atoms with E-state index < -0.39 is 5.97 Å². The number of amides is 2. The Balaban J connectivity index is 1.69. The molecule has 2 aromatic carbocycles. The molecule has 2 amide bonds. The molecular weight excluding hydrogens is 372 g/mol. The highest BCUT2D eigenvalue weighted by atomic mass is 16.6. The first-order chi connectivity index (χ1) is 13.9. The van der Waals surface area contributed by atoms with Gasteiger partial charge in [-0.25, -0.2) is 4.79 Å². The molecule has 0 bridgehead atoms. The van der Waals surface area contributed by atoms with Crippen LogP contribution in [0.15, 0.2) is 36.4 Å². The SMILES string of the molecule is CCC(=O)N1CCc2cc(C(=O)Nc3ccc(OCC(=O)OC)cc3C)ccc21. The highest BCUT2D eigenvalue weighted by molar-refractivity contribution is 6.05. The number of nitrogens with one attached hydrogen (secondary N) is 1. The van der Waals surface area contributed by atoms with Crippen molar-refractivity contribution in [3.63, 3.8) is 0 Å². The smallest absolute Gasteiger partial charge is 0.343 e. The second kappa shape index (κ2) is 8.77. The average Bonchev–Trinajstić information content (AvgIpc) is 3.16. The van der Waals surface area contributed by atoms with Crippen molar-refractivity contribution in [2.24, 2.45) is 0 Å². The molecule has 29 heavy (non-hydrogen) atoms. The molecule has 3 rings (SSSR count). The third-order valence-corrected chi connectivity index (χ3v) is 4.87. The second-order valence-corrected chi connectivity index (χ2v) is 6.79. The molecule has 0 radical (unpaired) electrons. The Labute approximate surface area is 169 Å². The first kappa shape index (κ1) is 20.4. The van der Waals surface area contributed by atoms with Gasteiger partial charge in [0.15, 0.2) is 6.61 Å². The minimum atomic E-state index is -0.462. The van der Waals surface area contributed by atoms with Crippen LogP contribution in [0.1, 0.15) is 34.8 Å². The lowest BCUT2D eigenvalue weighted by atomic mass is 10.1. The molecule has 1 aliphatic heterocycles. The number of esters is 1. The monoisotopic (exact) mass is 396 g/mol. The number of hydrogen-bond donors (Lipinski definition) is 1. The minimum Gasteiger partial charge on any atom is -0.482 e. The van der Waals surface area contributed by atoms with Crippen molar-refractivity contribution < 1.29 is 23.9 Å². The second-order valence-electron chi connectivity index (χ2n) is 6.79. The van der Waals surface area contributed by atoms with E-state index in [1.165, 1.54) is 7.11 Å². The van der Waals surface area contributed by atoms with Gasteiger partial charge in [-0.05, 0) is 60.9 Å². The molecule has 7 heteroatoms. The standard InChI is InChI=1S/C22H24N2O5/c1-4-20(25)24-10-9-15-12-16(5-8-19(15)24)22(27)23-18-7-6-17(11-14(18)2)29-13-21(26)28-3/h5-8,11-12H,4,9-10,13H2,1-3H3,(H,23,27). The lowest BCUT2D eigenvalue weighted by Gasteiger charge is -2.16. The number of ether oxygens (including phenoxy) is 2. The quantitative estimate of drug-likeness (QED) is 0.759. The molecule has 0 saturated carbocycles. The number of rotatable bonds is 6. The Hall–Kier alpha value is -3.35. The highest BCUT2D eigenvalue weighted by Crippen LogP contribution is 2.30. The van der Waals surface area contributed by atoms with Gasteiger partial charge in [0.2, 0.25) is 5.91 Å². The first-order valence-electron chi connectivity index (χ1n) is 9.47. The van der Waals surface area contributed by atoms with Crippen LogP contribution in [0.4, 0.5) is 11.4 Å². The summed E-state index contributed by atoms with van der Waals surface area (Å²) in [5.74, 6) is -0.0783. The summed E-state index contributed by atoms with van der Waals surface area (Å²) in [6.45, 7) is 4.17. The largest absolute Gasteiger partial charge is 0.482 e. The summed E-state index contributed by atoms with van der Waals surface area (Å²) >= 11 is 0. The third-order valence-electron chi connectivity index (χ3n) is 4.87. The Kier molecular flexibility index (Phi) is 6.16. The fourth-order valence-electron chi connectivity index (χ4n) is 3.25. The van der Waals surface area contributed by atoms with Gasteiger partial charge in [-0.15, -0.1) is 0 Å². The normalized spacial score (nSPS) is 12.3. The van der Waals surface area contributed by atoms with E-state index in [9.17, 15) is 14.4 Å². The summed E-state index contributed by atoms with van der Waals surface area (Å²) < 4.78 is 9.90. The topological polar surface area (TPSA) is 84.9 Å². The van der Waals surface area contributed by atoms with Crippen LogP contribution >= 0.6 is 0 Å². The van der Waals surface area contributed by atoms with Crippen LogP contribution in [0.5, 0.6) is 5.75 Å². The maximum Gasteiger partial charge on any atom is 0.343 e. The van der Waals surface area contributed by atoms with E-state index in [0.29, 0.717) is 30.0 Å². The van der Waals surface area contributed by atoms with Crippen molar-refractivity contribution in [1.29, 1.82) is 0 Å². The summed E-state index contributed by atoms with van der Waals surface area (Å²) in [4.78, 5) is 37.6. The molecule has 152 valence electrons. The Bertz CT molecular complexity index is 954. The van der Waals surface area contributed by atoms with Crippen LogP contribution in [-0.4, -0.2) is 38.0 Å². The molecule has 7 nitrogen and oxygen atoms in total. The Morgan fingerprint density at radius 2 is 1.93 bits per heavy atom. The van der Waals surface area contributed by atoms with Crippen LogP contribution in [0.3, 0.4) is 0 Å². The fourth-order valence-corrected chi connectivity index (χ4v) is 3.25. The van der Waals surface area contributed by atoms with Crippen molar-refractivity contribution in [2.45, 2.75) is 26.7 Å². The summed E-state index contributed by atoms with van der Waals surface area (Å²) in [6, 6.07) is 10.6. The third kappa shape index (κ3) is 4.56. The molecule has 0 spiro atoms. The zero-order valence-electron chi connectivity index (χ0n) is 16.8. The van der Waals surface area contributed by atoms with Gasteiger partial charge in [-0.3, -0.25) is 9.59 Å². The predicted molar refractivity (Wildman–Crippen MR) is 109 cm³/mol. The molecular formula is C22H24N2O5. The minimum absolute atomic E-state index is 0.0890. The number of carbonyl (C=O) groups is 3. The number of benzene rings is 2. The number of nitrogens with zero attached hydrogens (tertiary/aromatic N) is 1. The summed E-state index contributed by atoms with van der Waals surface area (Å²) in [5.41, 5.74) is 3.89. The molecule has 0 atom stereocenters. The maximum absolute atomic E-state index is 12.7. The Morgan fingerprint density at radius 1 is 1.14 bits per heavy atom. The molecule has 2 aromatic rings. The van der Waals surface area contributed by atoms with Crippen LogP contribution in [0, 0.1) is 6.92 Å². The molecule has 0 aliphatic carbocycles. The fraction of sp³-hybridized carbons (Fsp3) is 0.318. The van der Waals surface area contributed by atoms with E-state index in [0.717, 1.165) is 23.2 Å². The zero-order chi connectivity index (χ0) is 21.0. The number of hydrogen-bond acceptors (Lipinski definition) is 5. The van der Waals surface area contributed by atoms with Crippen molar-refractivity contribution in [1.82, 2.24) is 0 Å². The van der Waals surface area contributed by atoms with E-state index in [-0.39, 0.29) is 18.4 Å². The molecule has 1 heterocycles. The molecule has 0 aromatic heterocycles. The van der Waals surface area contributed by atoms with Crippen molar-refractivity contribution in [3.05, 3.63) is 53.1 Å². The van der Waals surface area contributed by atoms with E-state index in [4.69, 9.17) is 4.74 Å². The summed E-state index contributed by atoms with van der Waals surface area (Å²) in [6.07, 6.45) is 1.20. The van der Waals surface area contributed by atoms with Gasteiger partial charge in [-0.2, -0.15) is 0 Å². The summed E-state index contributed by atoms with van der Waals surface area (Å²) in [5, 5.41) is 2.90. The van der Waals surface area contributed by atoms with Crippen molar-refractivity contribution in [2.75, 3.05) is 30.5 Å². The van der Waals surface area contributed by atoms with Gasteiger partial charge in [0, 0.05) is 29.9 Å². The lowest BCUT2D eigenvalue weighted by Crippen LogP contribution is -2.27. The number of anilines is 2. The number of fused-ring (bicyclic) bond motifs is 1. The number of methoxy groups -OCH3 is 1. The predicted octanol–water partition coefficient (Wildman–Crippen LogP) is 3.10. The highest BCUT2D eigenvalue weighted by Gasteiger charge is 2.24. The lowest BCUT2D eigenvalue weighted by molar-refractivity contribution is -0.142. The van der Waals surface area contributed by atoms with Crippen molar-refractivity contribution in [3.8, 4) is 5.75 Å². The van der Waals surface area contributed by atoms with E-state index in [1.54, 1.807) is 29.2 Å². The Morgan fingerprint density at radius 3 is 2.62 bits per heavy atom. The number of aryl methyl sites for hydroxylation is 1. The van der Waals surface area contributed by atoms with E-state index in [2.05, 4.69) is 10.1 Å². The molecule has 1 N–H and O–H groups in total. The van der Waals surface area contributed by atoms with Gasteiger partial charge in [0.05, 0.1) is 7.11 Å². The van der Waals surface area contributed by atoms with Crippen LogP contribution in [0.2, 0.25) is 0 Å². The van der Waals surface area contributed by atoms with Crippen LogP contribution in [0.25, 0.3) is 0 Å². The summed E-state index contributed by atoms with van der Waals surface area (Å²) in [7, 11) is 1.30. The molecule has 0 saturated heterocycles. The molecule has 0 fully saturated rings. The van der Waals surface area contributed by atoms with Gasteiger partial charge in [0.25, 0.3) is 5.91 Å². The van der Waals surface area contributed by atoms with Crippen molar-refractivity contribution >= 4 is 29.2 Å². The average molecular weight is 396 g/mol. The van der Waals surface area contributed by atoms with Gasteiger partial charge >= 0.3 is 5.97 Å². The van der Waals surface area contributed by atoms with Crippen LogP contribution in [-0.2, 0) is 20.7 Å².